The average molecular weight is 376 g/mol. The van der Waals surface area contributed by atoms with Gasteiger partial charge in [-0.25, -0.2) is 13.1 Å². The molecule has 0 spiro atoms. The van der Waals surface area contributed by atoms with Crippen LogP contribution in [-0.2, 0) is 14.8 Å². The van der Waals surface area contributed by atoms with Crippen LogP contribution in [0.1, 0.15) is 50.6 Å². The fourth-order valence-electron chi connectivity index (χ4n) is 2.90. The van der Waals surface area contributed by atoms with Crippen LogP contribution in [-0.4, -0.2) is 26.9 Å². The topological polar surface area (TPSA) is 101 Å². The zero-order valence-electron chi connectivity index (χ0n) is 14.0. The molecule has 1 aromatic carbocycles. The van der Waals surface area contributed by atoms with Gasteiger partial charge in [-0.3, -0.25) is 4.79 Å². The fraction of sp³-hybridized carbons (Fsp3) is 0.562. The largest absolute Gasteiger partial charge is 0.348 e. The lowest BCUT2D eigenvalue weighted by molar-refractivity contribution is -0.128. The van der Waals surface area contributed by atoms with Gasteiger partial charge in [0.1, 0.15) is 0 Å². The number of amides is 1. The van der Waals surface area contributed by atoms with Crippen molar-refractivity contribution in [1.82, 2.24) is 10.0 Å². The molecule has 0 radical (unpaired) electrons. The van der Waals surface area contributed by atoms with Crippen LogP contribution >= 0.6 is 12.4 Å². The molecule has 1 aromatic rings. The first-order valence-corrected chi connectivity index (χ1v) is 9.40. The van der Waals surface area contributed by atoms with E-state index in [0.29, 0.717) is 12.8 Å². The third-order valence-electron chi connectivity index (χ3n) is 4.48. The van der Waals surface area contributed by atoms with Crippen molar-refractivity contribution >= 4 is 28.3 Å². The van der Waals surface area contributed by atoms with E-state index < -0.39 is 15.6 Å². The SMILES string of the molecule is CNS(=O)(=O)c1cccc(C(C)NC(=O)C2(N)CCCCC2)c1.Cl. The quantitative estimate of drug-likeness (QED) is 0.730. The number of rotatable bonds is 5. The molecule has 1 fully saturated rings. The average Bonchev–Trinajstić information content (AvgIpc) is 2.55. The molecule has 1 unspecified atom stereocenters. The zero-order valence-corrected chi connectivity index (χ0v) is 15.7. The summed E-state index contributed by atoms with van der Waals surface area (Å²) < 4.78 is 26.0. The van der Waals surface area contributed by atoms with Crippen LogP contribution < -0.4 is 15.8 Å². The number of carbonyl (C=O) groups excluding carboxylic acids is 1. The van der Waals surface area contributed by atoms with Gasteiger partial charge in [0.25, 0.3) is 0 Å². The summed E-state index contributed by atoms with van der Waals surface area (Å²) in [6.45, 7) is 1.83. The summed E-state index contributed by atoms with van der Waals surface area (Å²) in [5.41, 5.74) is 6.16. The van der Waals surface area contributed by atoms with Gasteiger partial charge >= 0.3 is 0 Å². The summed E-state index contributed by atoms with van der Waals surface area (Å²) in [7, 11) is -2.13. The van der Waals surface area contributed by atoms with E-state index in [1.54, 1.807) is 18.2 Å². The number of benzene rings is 1. The van der Waals surface area contributed by atoms with Crippen molar-refractivity contribution in [2.75, 3.05) is 7.05 Å². The highest BCUT2D eigenvalue weighted by Crippen LogP contribution is 2.27. The molecule has 0 saturated heterocycles. The third kappa shape index (κ3) is 4.69. The Kier molecular flexibility index (Phi) is 7.22. The lowest BCUT2D eigenvalue weighted by Gasteiger charge is -2.33. The summed E-state index contributed by atoms with van der Waals surface area (Å²) >= 11 is 0. The van der Waals surface area contributed by atoms with Crippen molar-refractivity contribution in [3.8, 4) is 0 Å². The Labute approximate surface area is 150 Å². The van der Waals surface area contributed by atoms with E-state index in [-0.39, 0.29) is 29.3 Å². The number of hydrogen-bond donors (Lipinski definition) is 3. The van der Waals surface area contributed by atoms with E-state index in [2.05, 4.69) is 10.0 Å². The molecule has 8 heteroatoms. The van der Waals surface area contributed by atoms with E-state index in [1.165, 1.54) is 13.1 Å². The van der Waals surface area contributed by atoms with Gasteiger partial charge in [-0.05, 0) is 44.5 Å². The van der Waals surface area contributed by atoms with Gasteiger partial charge in [0, 0.05) is 0 Å². The second-order valence-corrected chi connectivity index (χ2v) is 8.08. The first kappa shape index (κ1) is 20.9. The van der Waals surface area contributed by atoms with Gasteiger partial charge < -0.3 is 11.1 Å². The van der Waals surface area contributed by atoms with E-state index in [4.69, 9.17) is 5.73 Å². The summed E-state index contributed by atoms with van der Waals surface area (Å²) in [4.78, 5) is 12.7. The van der Waals surface area contributed by atoms with Crippen LogP contribution in [0.3, 0.4) is 0 Å². The second-order valence-electron chi connectivity index (χ2n) is 6.19. The van der Waals surface area contributed by atoms with Crippen LogP contribution in [0, 0.1) is 0 Å². The summed E-state index contributed by atoms with van der Waals surface area (Å²) in [5, 5.41) is 2.92. The monoisotopic (exact) mass is 375 g/mol. The smallest absolute Gasteiger partial charge is 0.240 e. The first-order chi connectivity index (χ1) is 10.8. The molecule has 136 valence electrons. The van der Waals surface area contributed by atoms with E-state index in [1.807, 2.05) is 6.92 Å². The van der Waals surface area contributed by atoms with Gasteiger partial charge in [0.05, 0.1) is 16.5 Å². The van der Waals surface area contributed by atoms with Crippen LogP contribution in [0.25, 0.3) is 0 Å². The van der Waals surface area contributed by atoms with Crippen molar-refractivity contribution in [1.29, 1.82) is 0 Å². The molecule has 2 rings (SSSR count). The third-order valence-corrected chi connectivity index (χ3v) is 5.89. The molecule has 0 bridgehead atoms. The summed E-state index contributed by atoms with van der Waals surface area (Å²) in [5.74, 6) is -0.161. The highest BCUT2D eigenvalue weighted by atomic mass is 35.5. The highest BCUT2D eigenvalue weighted by Gasteiger charge is 2.35. The second kappa shape index (κ2) is 8.29. The van der Waals surface area contributed by atoms with E-state index >= 15 is 0 Å². The molecule has 1 aliphatic carbocycles. The maximum Gasteiger partial charge on any atom is 0.240 e. The van der Waals surface area contributed by atoms with Crippen LogP contribution in [0.15, 0.2) is 29.2 Å². The lowest BCUT2D eigenvalue weighted by Crippen LogP contribution is -2.55. The van der Waals surface area contributed by atoms with Gasteiger partial charge in [0.15, 0.2) is 0 Å². The molecule has 6 nitrogen and oxygen atoms in total. The minimum absolute atomic E-state index is 0. The van der Waals surface area contributed by atoms with Gasteiger partial charge in [-0.1, -0.05) is 31.4 Å². The van der Waals surface area contributed by atoms with Crippen molar-refractivity contribution in [3.05, 3.63) is 29.8 Å². The minimum atomic E-state index is -3.50. The Morgan fingerprint density at radius 3 is 2.46 bits per heavy atom. The number of halogens is 1. The summed E-state index contributed by atoms with van der Waals surface area (Å²) in [6.07, 6.45) is 4.44. The normalized spacial score (nSPS) is 18.3. The van der Waals surface area contributed by atoms with Gasteiger partial charge in [-0.15, -0.1) is 12.4 Å². The Hall–Kier alpha value is -1.15. The zero-order chi connectivity index (χ0) is 17.1. The Morgan fingerprint density at radius 1 is 1.25 bits per heavy atom. The summed E-state index contributed by atoms with van der Waals surface area (Å²) in [6, 6.07) is 6.25. The Morgan fingerprint density at radius 2 is 1.88 bits per heavy atom. The van der Waals surface area contributed by atoms with E-state index in [9.17, 15) is 13.2 Å². The Balaban J connectivity index is 0.00000288. The predicted molar refractivity (Wildman–Crippen MR) is 96.5 cm³/mol. The number of hydrogen-bond acceptors (Lipinski definition) is 4. The highest BCUT2D eigenvalue weighted by molar-refractivity contribution is 7.89. The van der Waals surface area contributed by atoms with Crippen LogP contribution in [0.4, 0.5) is 0 Å². The van der Waals surface area contributed by atoms with Crippen molar-refractivity contribution in [3.63, 3.8) is 0 Å². The first-order valence-electron chi connectivity index (χ1n) is 7.92. The van der Waals surface area contributed by atoms with Gasteiger partial charge in [-0.2, -0.15) is 0 Å². The molecule has 1 aliphatic rings. The standard InChI is InChI=1S/C16H25N3O3S.ClH/c1-12(19-15(20)16(17)9-4-3-5-10-16)13-7-6-8-14(11-13)23(21,22)18-2;/h6-8,11-12,18H,3-5,9-10,17H2,1-2H3,(H,19,20);1H. The number of sulfonamides is 1. The van der Waals surface area contributed by atoms with Crippen molar-refractivity contribution < 1.29 is 13.2 Å². The van der Waals surface area contributed by atoms with Crippen LogP contribution in [0.2, 0.25) is 0 Å². The maximum atomic E-state index is 12.5. The lowest BCUT2D eigenvalue weighted by atomic mass is 9.81. The number of nitrogens with two attached hydrogens (primary N) is 1. The minimum Gasteiger partial charge on any atom is -0.348 e. The predicted octanol–water partition coefficient (Wildman–Crippen LogP) is 1.86. The molecular weight excluding hydrogens is 350 g/mol. The molecule has 24 heavy (non-hydrogen) atoms. The van der Waals surface area contributed by atoms with Gasteiger partial charge in [0.2, 0.25) is 15.9 Å². The Bertz CT molecular complexity index is 673. The molecule has 1 atom stereocenters. The molecule has 4 N–H and O–H groups in total. The molecule has 1 amide bonds. The van der Waals surface area contributed by atoms with Crippen molar-refractivity contribution in [2.45, 2.75) is 55.5 Å². The number of nitrogens with one attached hydrogen (secondary N) is 2. The number of carbonyl (C=O) groups is 1. The molecule has 0 aliphatic heterocycles. The maximum absolute atomic E-state index is 12.5. The van der Waals surface area contributed by atoms with Crippen LogP contribution in [0.5, 0.6) is 0 Å². The molecule has 1 saturated carbocycles. The molecule has 0 aromatic heterocycles. The molecule has 0 heterocycles. The van der Waals surface area contributed by atoms with E-state index in [0.717, 1.165) is 24.8 Å². The molecular formula is C16H26ClN3O3S. The fourth-order valence-corrected chi connectivity index (χ4v) is 3.69. The van der Waals surface area contributed by atoms with Crippen molar-refractivity contribution in [2.24, 2.45) is 5.73 Å².